The zero-order valence-electron chi connectivity index (χ0n) is 6.97. The SMILES string of the molecule is COc1c(O)c(F)cc(Br)c1CN. The number of halogens is 2. The standard InChI is InChI=1S/C8H9BrFNO2/c1-13-8-4(3-11)5(9)2-6(10)7(8)12/h2,12H,3,11H2,1H3. The van der Waals surface area contributed by atoms with Gasteiger partial charge in [-0.15, -0.1) is 0 Å². The molecular formula is C8H9BrFNO2. The zero-order chi connectivity index (χ0) is 10.0. The summed E-state index contributed by atoms with van der Waals surface area (Å²) in [6.45, 7) is 0.164. The number of aromatic hydroxyl groups is 1. The lowest BCUT2D eigenvalue weighted by Crippen LogP contribution is -2.02. The maximum Gasteiger partial charge on any atom is 0.194 e. The highest BCUT2D eigenvalue weighted by molar-refractivity contribution is 9.10. The van der Waals surface area contributed by atoms with E-state index in [0.29, 0.717) is 10.0 Å². The van der Waals surface area contributed by atoms with Crippen molar-refractivity contribution >= 4 is 15.9 Å². The lowest BCUT2D eigenvalue weighted by molar-refractivity contribution is 0.353. The van der Waals surface area contributed by atoms with Crippen LogP contribution in [0.3, 0.4) is 0 Å². The molecule has 0 unspecified atom stereocenters. The molecule has 0 bridgehead atoms. The molecule has 0 saturated carbocycles. The molecule has 72 valence electrons. The molecule has 3 N–H and O–H groups in total. The van der Waals surface area contributed by atoms with Crippen molar-refractivity contribution in [3.8, 4) is 11.5 Å². The molecule has 0 radical (unpaired) electrons. The molecule has 3 nitrogen and oxygen atoms in total. The number of phenolic OH excluding ortho intramolecular Hbond substituents is 1. The second kappa shape index (κ2) is 3.93. The average molecular weight is 250 g/mol. The van der Waals surface area contributed by atoms with Gasteiger partial charge in [0.15, 0.2) is 17.3 Å². The van der Waals surface area contributed by atoms with Crippen LogP contribution in [0.15, 0.2) is 10.5 Å². The summed E-state index contributed by atoms with van der Waals surface area (Å²) in [5.74, 6) is -1.17. The van der Waals surface area contributed by atoms with Crippen molar-refractivity contribution in [3.63, 3.8) is 0 Å². The van der Waals surface area contributed by atoms with Crippen molar-refractivity contribution in [3.05, 3.63) is 21.9 Å². The third-order valence-corrected chi connectivity index (χ3v) is 2.37. The number of nitrogens with two attached hydrogens (primary N) is 1. The van der Waals surface area contributed by atoms with Crippen LogP contribution in [-0.2, 0) is 6.54 Å². The Hall–Kier alpha value is -0.810. The number of phenols is 1. The van der Waals surface area contributed by atoms with Crippen LogP contribution >= 0.6 is 15.9 Å². The molecule has 0 aliphatic rings. The number of rotatable bonds is 2. The molecule has 0 heterocycles. The molecule has 1 rings (SSSR count). The van der Waals surface area contributed by atoms with Crippen LogP contribution in [-0.4, -0.2) is 12.2 Å². The van der Waals surface area contributed by atoms with Gasteiger partial charge in [0, 0.05) is 16.6 Å². The summed E-state index contributed by atoms with van der Waals surface area (Å²) >= 11 is 3.12. The third kappa shape index (κ3) is 1.76. The van der Waals surface area contributed by atoms with E-state index in [2.05, 4.69) is 15.9 Å². The Labute approximate surface area is 83.4 Å². The van der Waals surface area contributed by atoms with Gasteiger partial charge in [-0.2, -0.15) is 0 Å². The van der Waals surface area contributed by atoms with E-state index in [0.717, 1.165) is 6.07 Å². The van der Waals surface area contributed by atoms with Crippen LogP contribution in [0.2, 0.25) is 0 Å². The number of benzene rings is 1. The molecule has 5 heteroatoms. The fourth-order valence-electron chi connectivity index (χ4n) is 1.04. The molecule has 1 aromatic carbocycles. The van der Waals surface area contributed by atoms with E-state index in [4.69, 9.17) is 10.5 Å². The molecule has 0 amide bonds. The first-order chi connectivity index (χ1) is 6.11. The maximum absolute atomic E-state index is 12.9. The molecule has 1 aromatic rings. The van der Waals surface area contributed by atoms with Crippen LogP contribution in [0.5, 0.6) is 11.5 Å². The van der Waals surface area contributed by atoms with Crippen molar-refractivity contribution < 1.29 is 14.2 Å². The Balaban J connectivity index is 3.41. The lowest BCUT2D eigenvalue weighted by atomic mass is 10.2. The molecule has 0 aliphatic heterocycles. The van der Waals surface area contributed by atoms with E-state index in [1.807, 2.05) is 0 Å². The van der Waals surface area contributed by atoms with Crippen LogP contribution in [0.4, 0.5) is 4.39 Å². The summed E-state index contributed by atoms with van der Waals surface area (Å²) in [5.41, 5.74) is 5.95. The monoisotopic (exact) mass is 249 g/mol. The molecule has 0 spiro atoms. The Morgan fingerprint density at radius 2 is 2.31 bits per heavy atom. The first kappa shape index (κ1) is 10.3. The summed E-state index contributed by atoms with van der Waals surface area (Å²) in [6, 6.07) is 1.15. The third-order valence-electron chi connectivity index (χ3n) is 1.67. The van der Waals surface area contributed by atoms with Gasteiger partial charge >= 0.3 is 0 Å². The smallest absolute Gasteiger partial charge is 0.194 e. The molecule has 0 aliphatic carbocycles. The predicted molar refractivity (Wildman–Crippen MR) is 50.2 cm³/mol. The van der Waals surface area contributed by atoms with Gasteiger partial charge in [-0.3, -0.25) is 0 Å². The Morgan fingerprint density at radius 1 is 1.69 bits per heavy atom. The molecule has 0 fully saturated rings. The molecule has 0 saturated heterocycles. The number of methoxy groups -OCH3 is 1. The minimum atomic E-state index is -0.735. The minimum Gasteiger partial charge on any atom is -0.502 e. The molecule has 0 aromatic heterocycles. The second-order valence-corrected chi connectivity index (χ2v) is 3.26. The van der Waals surface area contributed by atoms with Gasteiger partial charge in [-0.1, -0.05) is 15.9 Å². The van der Waals surface area contributed by atoms with Gasteiger partial charge in [0.1, 0.15) is 0 Å². The van der Waals surface area contributed by atoms with E-state index in [9.17, 15) is 9.50 Å². The Kier molecular flexibility index (Phi) is 3.11. The van der Waals surface area contributed by atoms with Crippen molar-refractivity contribution in [2.24, 2.45) is 5.73 Å². The van der Waals surface area contributed by atoms with Crippen molar-refractivity contribution in [2.45, 2.75) is 6.54 Å². The van der Waals surface area contributed by atoms with E-state index >= 15 is 0 Å². The second-order valence-electron chi connectivity index (χ2n) is 2.40. The molecular weight excluding hydrogens is 241 g/mol. The summed E-state index contributed by atoms with van der Waals surface area (Å²) in [5, 5.41) is 9.26. The van der Waals surface area contributed by atoms with Crippen molar-refractivity contribution in [1.82, 2.24) is 0 Å². The van der Waals surface area contributed by atoms with Crippen LogP contribution in [0.1, 0.15) is 5.56 Å². The van der Waals surface area contributed by atoms with Gasteiger partial charge in [-0.25, -0.2) is 4.39 Å². The normalized spacial score (nSPS) is 10.2. The minimum absolute atomic E-state index is 0.0781. The molecule has 0 atom stereocenters. The van der Waals surface area contributed by atoms with Gasteiger partial charge in [-0.05, 0) is 6.07 Å². The van der Waals surface area contributed by atoms with Gasteiger partial charge in [0.05, 0.1) is 7.11 Å². The summed E-state index contributed by atoms with van der Waals surface area (Å²) in [4.78, 5) is 0. The largest absolute Gasteiger partial charge is 0.502 e. The fraction of sp³-hybridized carbons (Fsp3) is 0.250. The van der Waals surface area contributed by atoms with Crippen LogP contribution in [0.25, 0.3) is 0 Å². The van der Waals surface area contributed by atoms with E-state index in [1.165, 1.54) is 7.11 Å². The first-order valence-corrected chi connectivity index (χ1v) is 4.35. The van der Waals surface area contributed by atoms with E-state index < -0.39 is 11.6 Å². The van der Waals surface area contributed by atoms with Gasteiger partial charge < -0.3 is 15.6 Å². The molecule has 13 heavy (non-hydrogen) atoms. The highest BCUT2D eigenvalue weighted by atomic mass is 79.9. The average Bonchev–Trinajstić information content (AvgIpc) is 2.10. The quantitative estimate of drug-likeness (QED) is 0.840. The summed E-state index contributed by atoms with van der Waals surface area (Å²) < 4.78 is 18.3. The first-order valence-electron chi connectivity index (χ1n) is 3.55. The van der Waals surface area contributed by atoms with Crippen molar-refractivity contribution in [2.75, 3.05) is 7.11 Å². The zero-order valence-corrected chi connectivity index (χ0v) is 8.56. The Bertz CT molecular complexity index is 330. The highest BCUT2D eigenvalue weighted by Gasteiger charge is 2.15. The predicted octanol–water partition coefficient (Wildman–Crippen LogP) is 1.76. The topological polar surface area (TPSA) is 55.5 Å². The highest BCUT2D eigenvalue weighted by Crippen LogP contribution is 2.37. The van der Waals surface area contributed by atoms with Crippen LogP contribution in [0, 0.1) is 5.82 Å². The Morgan fingerprint density at radius 3 is 2.77 bits per heavy atom. The number of ether oxygens (including phenoxy) is 1. The van der Waals surface area contributed by atoms with E-state index in [-0.39, 0.29) is 12.3 Å². The van der Waals surface area contributed by atoms with Crippen molar-refractivity contribution in [1.29, 1.82) is 0 Å². The van der Waals surface area contributed by atoms with Gasteiger partial charge in [0.25, 0.3) is 0 Å². The van der Waals surface area contributed by atoms with Gasteiger partial charge in [0.2, 0.25) is 0 Å². The lowest BCUT2D eigenvalue weighted by Gasteiger charge is -2.10. The fourth-order valence-corrected chi connectivity index (χ4v) is 1.58. The summed E-state index contributed by atoms with van der Waals surface area (Å²) in [6.07, 6.45) is 0. The number of hydrogen-bond donors (Lipinski definition) is 2. The maximum atomic E-state index is 12.9. The van der Waals surface area contributed by atoms with E-state index in [1.54, 1.807) is 0 Å². The number of hydrogen-bond acceptors (Lipinski definition) is 3. The summed E-state index contributed by atoms with van der Waals surface area (Å²) in [7, 11) is 1.35. The van der Waals surface area contributed by atoms with Crippen LogP contribution < -0.4 is 10.5 Å².